The molecular weight excluding hydrogens is 354 g/mol. The Morgan fingerprint density at radius 2 is 2.05 bits per heavy atom. The molecule has 0 radical (unpaired) electrons. The van der Waals surface area contributed by atoms with Crippen LogP contribution in [0.4, 0.5) is 5.13 Å². The van der Waals surface area contributed by atoms with E-state index in [1.165, 1.54) is 22.1 Å². The van der Waals surface area contributed by atoms with Gasteiger partial charge in [0, 0.05) is 23.3 Å². The number of hydrogen-bond donors (Lipinski definition) is 4. The molecule has 0 aliphatic carbocycles. The summed E-state index contributed by atoms with van der Waals surface area (Å²) >= 11 is 1.35. The summed E-state index contributed by atoms with van der Waals surface area (Å²) in [6.07, 6.45) is 0.338. The molecule has 21 heavy (non-hydrogen) atoms. The molecule has 0 aliphatic rings. The lowest BCUT2D eigenvalue weighted by Crippen LogP contribution is -2.21. The van der Waals surface area contributed by atoms with Gasteiger partial charge in [-0.3, -0.25) is 0 Å². The number of amidine groups is 1. The number of nitrogens with zero attached hydrogens (tertiary/aromatic N) is 3. The van der Waals surface area contributed by atoms with Crippen molar-refractivity contribution in [2.45, 2.75) is 12.2 Å². The second kappa shape index (κ2) is 8.43. The highest BCUT2D eigenvalue weighted by molar-refractivity contribution is 8.76. The van der Waals surface area contributed by atoms with Crippen LogP contribution in [0.3, 0.4) is 0 Å². The highest BCUT2D eigenvalue weighted by Gasteiger charge is 2.03. The highest BCUT2D eigenvalue weighted by atomic mass is 33.1. The molecule has 1 rings (SSSR count). The molecule has 0 amide bonds. The van der Waals surface area contributed by atoms with Gasteiger partial charge in [-0.1, -0.05) is 21.6 Å². The van der Waals surface area contributed by atoms with E-state index in [0.29, 0.717) is 23.1 Å². The zero-order valence-corrected chi connectivity index (χ0v) is 14.1. The Kier molecular flexibility index (Phi) is 7.24. The Bertz CT molecular complexity index is 620. The van der Waals surface area contributed by atoms with Gasteiger partial charge >= 0.3 is 10.2 Å². The van der Waals surface area contributed by atoms with Gasteiger partial charge in [0.05, 0.1) is 5.69 Å². The minimum Gasteiger partial charge on any atom is -0.386 e. The molecule has 118 valence electrons. The lowest BCUT2D eigenvalue weighted by molar-refractivity contribution is 0.599. The second-order valence-corrected chi connectivity index (χ2v) is 8.22. The number of nitrogens with two attached hydrogens (primary N) is 4. The maximum absolute atomic E-state index is 10.7. The van der Waals surface area contributed by atoms with Crippen molar-refractivity contribution in [2.75, 3.05) is 5.75 Å². The second-order valence-electron chi connectivity index (χ2n) is 3.59. The van der Waals surface area contributed by atoms with Crippen LogP contribution in [0.1, 0.15) is 12.1 Å². The maximum Gasteiger partial charge on any atom is 0.318 e. The first-order valence-electron chi connectivity index (χ1n) is 5.42. The van der Waals surface area contributed by atoms with Crippen LogP contribution >= 0.6 is 32.9 Å². The van der Waals surface area contributed by atoms with Crippen LogP contribution in [0.5, 0.6) is 0 Å². The van der Waals surface area contributed by atoms with Crippen molar-refractivity contribution in [1.29, 1.82) is 0 Å². The average molecular weight is 370 g/mol. The summed E-state index contributed by atoms with van der Waals surface area (Å²) < 4.78 is 24.5. The van der Waals surface area contributed by atoms with Crippen LogP contribution in [-0.2, 0) is 16.0 Å². The number of aromatic nitrogens is 1. The molecule has 0 atom stereocenters. The van der Waals surface area contributed by atoms with Crippen molar-refractivity contribution in [3.05, 3.63) is 11.1 Å². The minimum atomic E-state index is -3.91. The van der Waals surface area contributed by atoms with Crippen LogP contribution < -0.4 is 22.3 Å². The highest BCUT2D eigenvalue weighted by Crippen LogP contribution is 2.28. The quantitative estimate of drug-likeness (QED) is 0.212. The predicted octanol–water partition coefficient (Wildman–Crippen LogP) is -0.120. The van der Waals surface area contributed by atoms with E-state index in [9.17, 15) is 8.42 Å². The van der Waals surface area contributed by atoms with E-state index in [1.807, 2.05) is 5.38 Å². The first-order chi connectivity index (χ1) is 9.76. The first-order valence-corrected chi connectivity index (χ1v) is 10.3. The molecular formula is C8H15N7O2S4. The fraction of sp³-hybridized carbons (Fsp3) is 0.375. The normalized spacial score (nSPS) is 12.3. The van der Waals surface area contributed by atoms with Gasteiger partial charge in [0.2, 0.25) is 5.13 Å². The molecule has 0 aromatic carbocycles. The summed E-state index contributed by atoms with van der Waals surface area (Å²) in [6.45, 7) is 0. The zero-order valence-electron chi connectivity index (χ0n) is 10.8. The van der Waals surface area contributed by atoms with E-state index < -0.39 is 10.2 Å². The third-order valence-electron chi connectivity index (χ3n) is 1.74. The minimum absolute atomic E-state index is 0.00528. The van der Waals surface area contributed by atoms with Crippen LogP contribution in [0.15, 0.2) is 14.8 Å². The van der Waals surface area contributed by atoms with Crippen molar-refractivity contribution in [3.8, 4) is 0 Å². The number of rotatable bonds is 8. The van der Waals surface area contributed by atoms with Gasteiger partial charge in [0.25, 0.3) is 0 Å². The summed E-state index contributed by atoms with van der Waals surface area (Å²) in [5.41, 5.74) is 16.8. The third kappa shape index (κ3) is 8.77. The van der Waals surface area contributed by atoms with Gasteiger partial charge < -0.3 is 17.2 Å². The predicted molar refractivity (Wildman–Crippen MR) is 90.7 cm³/mol. The Morgan fingerprint density at radius 1 is 1.33 bits per heavy atom. The Hall–Kier alpha value is -1.02. The monoisotopic (exact) mass is 369 g/mol. The Labute approximate surface area is 134 Å². The first kappa shape index (κ1) is 18.0. The molecule has 0 saturated heterocycles. The molecule has 0 unspecified atom stereocenters. The number of aliphatic imine (C=N–C) groups is 1. The van der Waals surface area contributed by atoms with E-state index in [1.54, 1.807) is 10.8 Å². The molecule has 0 fully saturated rings. The van der Waals surface area contributed by atoms with Gasteiger partial charge in [-0.15, -0.1) is 15.7 Å². The fourth-order valence-corrected chi connectivity index (χ4v) is 4.25. The topological polar surface area (TPSA) is 176 Å². The van der Waals surface area contributed by atoms with Gasteiger partial charge in [-0.2, -0.15) is 13.4 Å². The van der Waals surface area contributed by atoms with Crippen LogP contribution in [0.2, 0.25) is 0 Å². The van der Waals surface area contributed by atoms with Crippen molar-refractivity contribution in [1.82, 2.24) is 4.98 Å². The van der Waals surface area contributed by atoms with Gasteiger partial charge in [0.1, 0.15) is 5.84 Å². The summed E-state index contributed by atoms with van der Waals surface area (Å²) in [4.78, 5) is 8.07. The molecule has 9 nitrogen and oxygen atoms in total. The van der Waals surface area contributed by atoms with Crippen LogP contribution in [0, 0.1) is 0 Å². The summed E-state index contributed by atoms with van der Waals surface area (Å²) in [5, 5.41) is 7.12. The van der Waals surface area contributed by atoms with Crippen molar-refractivity contribution >= 4 is 60.1 Å². The van der Waals surface area contributed by atoms with E-state index in [2.05, 4.69) is 14.4 Å². The van der Waals surface area contributed by atoms with E-state index in [-0.39, 0.29) is 11.8 Å². The van der Waals surface area contributed by atoms with E-state index >= 15 is 0 Å². The van der Waals surface area contributed by atoms with Gasteiger partial charge in [-0.05, 0) is 0 Å². The van der Waals surface area contributed by atoms with Crippen LogP contribution in [0.25, 0.3) is 0 Å². The van der Waals surface area contributed by atoms with Crippen molar-refractivity contribution in [2.24, 2.45) is 31.7 Å². The molecule has 1 aromatic heterocycles. The molecule has 8 N–H and O–H groups in total. The third-order valence-corrected chi connectivity index (χ3v) is 5.32. The van der Waals surface area contributed by atoms with E-state index in [0.717, 1.165) is 5.69 Å². The molecule has 1 heterocycles. The molecule has 13 heteroatoms. The number of thiazole rings is 1. The van der Waals surface area contributed by atoms with Gasteiger partial charge in [-0.25, -0.2) is 10.1 Å². The SMILES string of the molecule is NC(N)=Nc1nc(CSSCCC(N)=NS(N)(=O)=O)cs1. The zero-order chi connectivity index (χ0) is 15.9. The Morgan fingerprint density at radius 3 is 2.67 bits per heavy atom. The average Bonchev–Trinajstić information content (AvgIpc) is 2.73. The molecule has 0 spiro atoms. The summed E-state index contributed by atoms with van der Waals surface area (Å²) in [7, 11) is -0.829. The van der Waals surface area contributed by atoms with E-state index in [4.69, 9.17) is 22.3 Å². The standard InChI is InChI=1S/C8H15N7O2S4/c9-6(15-21(12,16)17)1-2-19-20-4-5-3-18-8(13-5)14-7(10)11/h3H,1-2,4H2,(H2,9,15)(H2,12,16,17)(H4,10,11,13,14). The van der Waals surface area contributed by atoms with Crippen LogP contribution in [-0.4, -0.2) is 30.9 Å². The van der Waals surface area contributed by atoms with Crippen molar-refractivity contribution in [3.63, 3.8) is 0 Å². The lowest BCUT2D eigenvalue weighted by Gasteiger charge is -1.99. The molecule has 0 saturated carbocycles. The summed E-state index contributed by atoms with van der Waals surface area (Å²) in [5.74, 6) is 1.25. The number of guanidine groups is 1. The lowest BCUT2D eigenvalue weighted by atomic mass is 10.5. The van der Waals surface area contributed by atoms with Crippen molar-refractivity contribution < 1.29 is 8.42 Å². The fourth-order valence-electron chi connectivity index (χ4n) is 1.04. The largest absolute Gasteiger partial charge is 0.386 e. The maximum atomic E-state index is 10.7. The number of hydrogen-bond acceptors (Lipinski definition) is 7. The molecule has 1 aromatic rings. The van der Waals surface area contributed by atoms with Gasteiger partial charge in [0.15, 0.2) is 5.96 Å². The smallest absolute Gasteiger partial charge is 0.318 e. The Balaban J connectivity index is 2.27. The molecule has 0 aliphatic heterocycles. The molecule has 0 bridgehead atoms. The summed E-state index contributed by atoms with van der Waals surface area (Å²) in [6, 6.07) is 0.